The van der Waals surface area contributed by atoms with Crippen molar-refractivity contribution in [2.75, 3.05) is 15.2 Å². The number of nitrogens with two attached hydrogens (primary N) is 1. The first kappa shape index (κ1) is 14.1. The average molecular weight is 305 g/mol. The molecular weight excluding hydrogens is 290 g/mol. The normalized spacial score (nSPS) is 16.1. The molecule has 0 spiro atoms. The van der Waals surface area contributed by atoms with Gasteiger partial charge >= 0.3 is 0 Å². The maximum atomic E-state index is 11.8. The quantitative estimate of drug-likeness (QED) is 0.707. The average Bonchev–Trinajstić information content (AvgIpc) is 2.97. The molecule has 1 aliphatic carbocycles. The highest BCUT2D eigenvalue weighted by Crippen LogP contribution is 2.30. The van der Waals surface area contributed by atoms with Gasteiger partial charge in [-0.15, -0.1) is 0 Å². The third kappa shape index (κ3) is 5.05. The molecule has 1 saturated carbocycles. The lowest BCUT2D eigenvalue weighted by Gasteiger charge is -2.09. The van der Waals surface area contributed by atoms with Gasteiger partial charge in [0.2, 0.25) is 10.0 Å². The van der Waals surface area contributed by atoms with Gasteiger partial charge in [-0.3, -0.25) is 9.44 Å². The lowest BCUT2D eigenvalue weighted by molar-refractivity contribution is 0.597. The fraction of sp³-hybridized carbons (Fsp3) is 0.400. The van der Waals surface area contributed by atoms with Crippen LogP contribution in [0.15, 0.2) is 24.3 Å². The van der Waals surface area contributed by atoms with Gasteiger partial charge in [0.1, 0.15) is 0 Å². The van der Waals surface area contributed by atoms with Crippen LogP contribution in [0, 0.1) is 5.92 Å². The molecule has 0 unspecified atom stereocenters. The minimum Gasteiger partial charge on any atom is -0.283 e. The van der Waals surface area contributed by atoms with Crippen molar-refractivity contribution < 1.29 is 16.8 Å². The summed E-state index contributed by atoms with van der Waals surface area (Å²) in [5.41, 5.74) is 0.503. The van der Waals surface area contributed by atoms with Crippen LogP contribution in [0.2, 0.25) is 0 Å². The molecule has 1 fully saturated rings. The molecule has 0 saturated heterocycles. The van der Waals surface area contributed by atoms with Gasteiger partial charge in [-0.2, -0.15) is 8.42 Å². The molecule has 7 nitrogen and oxygen atoms in total. The number of hydrogen-bond donors (Lipinski definition) is 3. The van der Waals surface area contributed by atoms with E-state index >= 15 is 0 Å². The standard InChI is InChI=1S/C10H15N3O4S2/c11-19(16,17)13-10-3-1-2-9(6-10)12-18(14,15)7-8-4-5-8/h1-3,6,8,12-13H,4-5,7H2,(H2,11,16,17). The number of benzene rings is 1. The van der Waals surface area contributed by atoms with Crippen molar-refractivity contribution in [2.45, 2.75) is 12.8 Å². The molecule has 4 N–H and O–H groups in total. The molecule has 2 rings (SSSR count). The topological polar surface area (TPSA) is 118 Å². The highest BCUT2D eigenvalue weighted by molar-refractivity contribution is 7.92. The van der Waals surface area contributed by atoms with Crippen molar-refractivity contribution in [3.05, 3.63) is 24.3 Å². The Kier molecular flexibility index (Phi) is 3.70. The molecule has 0 aliphatic heterocycles. The van der Waals surface area contributed by atoms with Crippen molar-refractivity contribution in [1.82, 2.24) is 0 Å². The van der Waals surface area contributed by atoms with Crippen molar-refractivity contribution in [3.63, 3.8) is 0 Å². The van der Waals surface area contributed by atoms with Gasteiger partial charge < -0.3 is 0 Å². The highest BCUT2D eigenvalue weighted by atomic mass is 32.2. The number of nitrogens with one attached hydrogen (secondary N) is 2. The summed E-state index contributed by atoms with van der Waals surface area (Å²) in [6.45, 7) is 0. The minimum absolute atomic E-state index is 0.0971. The second-order valence-corrected chi connectivity index (χ2v) is 7.62. The molecule has 1 aliphatic rings. The van der Waals surface area contributed by atoms with Crippen LogP contribution in [-0.4, -0.2) is 22.6 Å². The molecule has 0 bridgehead atoms. The van der Waals surface area contributed by atoms with E-state index in [-0.39, 0.29) is 17.4 Å². The first-order valence-corrected chi connectivity index (χ1v) is 8.84. The Bertz CT molecular complexity index is 666. The fourth-order valence-corrected chi connectivity index (χ4v) is 3.61. The van der Waals surface area contributed by atoms with Gasteiger partial charge in [-0.05, 0) is 37.0 Å². The zero-order valence-corrected chi connectivity index (χ0v) is 11.7. The second kappa shape index (κ2) is 4.99. The van der Waals surface area contributed by atoms with Gasteiger partial charge in [0.05, 0.1) is 17.1 Å². The van der Waals surface area contributed by atoms with E-state index in [0.717, 1.165) is 12.8 Å². The third-order valence-corrected chi connectivity index (χ3v) is 4.53. The SMILES string of the molecule is NS(=O)(=O)Nc1cccc(NS(=O)(=O)CC2CC2)c1. The molecule has 1 aromatic carbocycles. The number of hydrogen-bond acceptors (Lipinski definition) is 4. The predicted molar refractivity (Wildman–Crippen MR) is 73.3 cm³/mol. The molecule has 0 atom stereocenters. The van der Waals surface area contributed by atoms with E-state index in [0.29, 0.717) is 5.69 Å². The monoisotopic (exact) mass is 305 g/mol. The first-order valence-electron chi connectivity index (χ1n) is 5.65. The van der Waals surface area contributed by atoms with Gasteiger partial charge in [0.15, 0.2) is 0 Å². The maximum absolute atomic E-state index is 11.8. The molecule has 0 radical (unpaired) electrons. The number of sulfonamides is 1. The van der Waals surface area contributed by atoms with E-state index in [2.05, 4.69) is 9.44 Å². The highest BCUT2D eigenvalue weighted by Gasteiger charge is 2.27. The van der Waals surface area contributed by atoms with Gasteiger partial charge in [0.25, 0.3) is 10.2 Å². The zero-order chi connectivity index (χ0) is 14.1. The smallest absolute Gasteiger partial charge is 0.283 e. The summed E-state index contributed by atoms with van der Waals surface area (Å²) in [7, 11) is -7.26. The third-order valence-electron chi connectivity index (χ3n) is 2.55. The van der Waals surface area contributed by atoms with Crippen molar-refractivity contribution in [1.29, 1.82) is 0 Å². The Morgan fingerprint density at radius 1 is 1.11 bits per heavy atom. The minimum atomic E-state index is -3.87. The summed E-state index contributed by atoms with van der Waals surface area (Å²) in [4.78, 5) is 0. The fourth-order valence-electron chi connectivity index (χ4n) is 1.63. The molecule has 1 aromatic rings. The second-order valence-electron chi connectivity index (χ2n) is 4.55. The van der Waals surface area contributed by atoms with Crippen molar-refractivity contribution in [3.8, 4) is 0 Å². The molecule has 9 heteroatoms. The predicted octanol–water partition coefficient (Wildman–Crippen LogP) is 0.454. The molecule has 106 valence electrons. The van der Waals surface area contributed by atoms with Crippen LogP contribution in [0.25, 0.3) is 0 Å². The first-order chi connectivity index (χ1) is 8.73. The number of rotatable bonds is 6. The molecule has 0 heterocycles. The van der Waals surface area contributed by atoms with Crippen LogP contribution in [0.5, 0.6) is 0 Å². The zero-order valence-electron chi connectivity index (χ0n) is 10.0. The summed E-state index contributed by atoms with van der Waals surface area (Å²) in [6, 6.07) is 5.92. The van der Waals surface area contributed by atoms with Crippen LogP contribution in [0.3, 0.4) is 0 Å². The van der Waals surface area contributed by atoms with E-state index < -0.39 is 20.2 Å². The Morgan fingerprint density at radius 3 is 2.21 bits per heavy atom. The lowest BCUT2D eigenvalue weighted by atomic mass is 10.3. The van der Waals surface area contributed by atoms with Gasteiger partial charge in [0, 0.05) is 0 Å². The summed E-state index contributed by atoms with van der Waals surface area (Å²) < 4.78 is 49.8. The Labute approximate surface area is 112 Å². The lowest BCUT2D eigenvalue weighted by Crippen LogP contribution is -2.22. The van der Waals surface area contributed by atoms with E-state index in [4.69, 9.17) is 5.14 Å². The Morgan fingerprint density at radius 2 is 1.68 bits per heavy atom. The van der Waals surface area contributed by atoms with Gasteiger partial charge in [-0.1, -0.05) is 6.07 Å². The van der Waals surface area contributed by atoms with E-state index in [9.17, 15) is 16.8 Å². The molecule has 19 heavy (non-hydrogen) atoms. The number of anilines is 2. The molecule has 0 amide bonds. The van der Waals surface area contributed by atoms with Crippen LogP contribution in [0.1, 0.15) is 12.8 Å². The van der Waals surface area contributed by atoms with Crippen molar-refractivity contribution in [2.24, 2.45) is 11.1 Å². The van der Waals surface area contributed by atoms with Crippen LogP contribution >= 0.6 is 0 Å². The summed E-state index contributed by atoms with van der Waals surface area (Å²) in [5, 5.41) is 4.84. The van der Waals surface area contributed by atoms with E-state index in [1.54, 1.807) is 6.07 Å². The van der Waals surface area contributed by atoms with Crippen LogP contribution < -0.4 is 14.6 Å². The largest absolute Gasteiger partial charge is 0.296 e. The van der Waals surface area contributed by atoms with Gasteiger partial charge in [-0.25, -0.2) is 13.6 Å². The molecule has 0 aromatic heterocycles. The Balaban J connectivity index is 2.10. The van der Waals surface area contributed by atoms with Crippen molar-refractivity contribution >= 4 is 31.6 Å². The van der Waals surface area contributed by atoms with E-state index in [1.807, 2.05) is 0 Å². The Hall–Kier alpha value is -1.32. The summed E-state index contributed by atoms with van der Waals surface area (Å²) in [5.74, 6) is 0.336. The van der Waals surface area contributed by atoms with Crippen LogP contribution in [0.4, 0.5) is 11.4 Å². The molecular formula is C10H15N3O4S2. The summed E-state index contributed by atoms with van der Waals surface area (Å²) in [6.07, 6.45) is 1.88. The van der Waals surface area contributed by atoms with E-state index in [1.165, 1.54) is 18.2 Å². The summed E-state index contributed by atoms with van der Waals surface area (Å²) >= 11 is 0. The van der Waals surface area contributed by atoms with Crippen LogP contribution in [-0.2, 0) is 20.2 Å². The maximum Gasteiger partial charge on any atom is 0.296 e.